The molecule has 2 aromatic rings. The van der Waals surface area contributed by atoms with E-state index in [4.69, 9.17) is 9.47 Å². The molecule has 1 amide bonds. The van der Waals surface area contributed by atoms with E-state index in [1.807, 2.05) is 6.07 Å². The molecule has 0 aliphatic rings. The largest absolute Gasteiger partial charge is 0.382 e. The normalized spacial score (nSPS) is 10.9. The summed E-state index contributed by atoms with van der Waals surface area (Å²) in [6.07, 6.45) is 0.989. The minimum atomic E-state index is -0.198. The van der Waals surface area contributed by atoms with E-state index < -0.39 is 0 Å². The van der Waals surface area contributed by atoms with Gasteiger partial charge in [-0.2, -0.15) is 0 Å². The smallest absolute Gasteiger partial charge is 0.252 e. The number of carbonyl (C=O) groups excluding carboxylic acids is 1. The molecule has 5 nitrogen and oxygen atoms in total. The third-order valence-electron chi connectivity index (χ3n) is 2.77. The van der Waals surface area contributed by atoms with Crippen molar-refractivity contribution in [3.63, 3.8) is 0 Å². The first-order chi connectivity index (χ1) is 9.72. The van der Waals surface area contributed by atoms with Gasteiger partial charge in [-0.1, -0.05) is 24.3 Å². The zero-order chi connectivity index (χ0) is 14.4. The number of nitrogens with one attached hydrogen (secondary N) is 1. The van der Waals surface area contributed by atoms with Crippen molar-refractivity contribution in [1.82, 2.24) is 4.98 Å². The van der Waals surface area contributed by atoms with Crippen LogP contribution in [-0.4, -0.2) is 37.8 Å². The maximum absolute atomic E-state index is 11.7. The fourth-order valence-electron chi connectivity index (χ4n) is 1.70. The van der Waals surface area contributed by atoms with Gasteiger partial charge in [0.2, 0.25) is 0 Å². The van der Waals surface area contributed by atoms with Gasteiger partial charge in [0.25, 0.3) is 5.91 Å². The number of amides is 1. The number of carbonyl (C=O) groups is 1. The van der Waals surface area contributed by atoms with E-state index in [0.717, 1.165) is 16.6 Å². The van der Waals surface area contributed by atoms with Crippen LogP contribution in [0.15, 0.2) is 18.2 Å². The fraction of sp³-hybridized carbons (Fsp3) is 0.429. The Morgan fingerprint density at radius 1 is 1.40 bits per heavy atom. The summed E-state index contributed by atoms with van der Waals surface area (Å²) in [6, 6.07) is 6.15. The van der Waals surface area contributed by atoms with Gasteiger partial charge in [0.1, 0.15) is 6.61 Å². The Hall–Kier alpha value is -1.50. The lowest BCUT2D eigenvalue weighted by Gasteiger charge is -2.02. The fourth-order valence-corrected chi connectivity index (χ4v) is 2.65. The molecule has 0 bridgehead atoms. The lowest BCUT2D eigenvalue weighted by atomic mass is 10.2. The quantitative estimate of drug-likeness (QED) is 0.797. The van der Waals surface area contributed by atoms with E-state index in [1.54, 1.807) is 7.11 Å². The first kappa shape index (κ1) is 14.9. The van der Waals surface area contributed by atoms with Crippen LogP contribution in [0.5, 0.6) is 0 Å². The van der Waals surface area contributed by atoms with Gasteiger partial charge in [0.15, 0.2) is 5.13 Å². The molecule has 0 atom stereocenters. The average molecular weight is 294 g/mol. The molecule has 0 unspecified atom stereocenters. The summed E-state index contributed by atoms with van der Waals surface area (Å²) in [5.41, 5.74) is 2.17. The molecule has 0 aliphatic carbocycles. The Labute approximate surface area is 121 Å². The van der Waals surface area contributed by atoms with Gasteiger partial charge >= 0.3 is 0 Å². The van der Waals surface area contributed by atoms with Gasteiger partial charge in [-0.05, 0) is 24.1 Å². The summed E-state index contributed by atoms with van der Waals surface area (Å²) in [5, 5.41) is 3.35. The number of aromatic nitrogens is 1. The number of methoxy groups -OCH3 is 1. The second-order valence-electron chi connectivity index (χ2n) is 4.27. The Morgan fingerprint density at radius 3 is 3.00 bits per heavy atom. The highest BCUT2D eigenvalue weighted by molar-refractivity contribution is 7.22. The van der Waals surface area contributed by atoms with Crippen molar-refractivity contribution in [2.75, 3.05) is 32.2 Å². The summed E-state index contributed by atoms with van der Waals surface area (Å²) in [4.78, 5) is 16.0. The molecule has 6 heteroatoms. The highest BCUT2D eigenvalue weighted by Gasteiger charge is 2.08. The second kappa shape index (κ2) is 7.33. The molecule has 1 N–H and O–H groups in total. The first-order valence-electron chi connectivity index (χ1n) is 6.49. The highest BCUT2D eigenvalue weighted by atomic mass is 32.1. The number of fused-ring (bicyclic) bond motifs is 1. The molecule has 0 radical (unpaired) electrons. The van der Waals surface area contributed by atoms with Crippen molar-refractivity contribution >= 4 is 32.6 Å². The van der Waals surface area contributed by atoms with Crippen LogP contribution < -0.4 is 5.32 Å². The molecular weight excluding hydrogens is 276 g/mol. The number of rotatable bonds is 7. The van der Waals surface area contributed by atoms with Crippen LogP contribution in [0.25, 0.3) is 10.2 Å². The third-order valence-corrected chi connectivity index (χ3v) is 3.71. The maximum atomic E-state index is 11.7. The minimum Gasteiger partial charge on any atom is -0.382 e. The summed E-state index contributed by atoms with van der Waals surface area (Å²) in [6.45, 7) is 3.01. The van der Waals surface area contributed by atoms with Crippen molar-refractivity contribution in [2.45, 2.75) is 13.3 Å². The Kier molecular flexibility index (Phi) is 5.46. The van der Waals surface area contributed by atoms with Gasteiger partial charge < -0.3 is 9.47 Å². The van der Waals surface area contributed by atoms with Crippen molar-refractivity contribution in [3.05, 3.63) is 23.8 Å². The van der Waals surface area contributed by atoms with Gasteiger partial charge in [0.05, 0.1) is 23.4 Å². The van der Waals surface area contributed by atoms with Gasteiger partial charge in [0, 0.05) is 7.11 Å². The number of benzene rings is 1. The molecular formula is C14H18N2O3S. The molecule has 1 aromatic heterocycles. The molecule has 2 rings (SSSR count). The van der Waals surface area contributed by atoms with Crippen molar-refractivity contribution in [3.8, 4) is 0 Å². The number of nitrogens with zero attached hydrogens (tertiary/aromatic N) is 1. The topological polar surface area (TPSA) is 60.5 Å². The molecule has 0 fully saturated rings. The lowest BCUT2D eigenvalue weighted by Crippen LogP contribution is -2.19. The molecule has 0 saturated heterocycles. The van der Waals surface area contributed by atoms with Crippen LogP contribution >= 0.6 is 11.3 Å². The number of anilines is 1. The lowest BCUT2D eigenvalue weighted by molar-refractivity contribution is -0.121. The number of hydrogen-bond acceptors (Lipinski definition) is 5. The Morgan fingerprint density at radius 2 is 2.25 bits per heavy atom. The third kappa shape index (κ3) is 4.00. The molecule has 0 saturated carbocycles. The summed E-state index contributed by atoms with van der Waals surface area (Å²) in [5.74, 6) is -0.198. The highest BCUT2D eigenvalue weighted by Crippen LogP contribution is 2.26. The number of thiazole rings is 1. The predicted octanol–water partition coefficient (Wildman–Crippen LogP) is 2.46. The van der Waals surface area contributed by atoms with E-state index in [1.165, 1.54) is 16.9 Å². The predicted molar refractivity (Wildman–Crippen MR) is 80.3 cm³/mol. The van der Waals surface area contributed by atoms with E-state index in [2.05, 4.69) is 29.4 Å². The van der Waals surface area contributed by atoms with E-state index in [9.17, 15) is 4.79 Å². The SMILES string of the molecule is CCc1ccc2nc(NC(=O)COCCOC)sc2c1. The van der Waals surface area contributed by atoms with Crippen molar-refractivity contribution < 1.29 is 14.3 Å². The van der Waals surface area contributed by atoms with Crippen LogP contribution in [0.4, 0.5) is 5.13 Å². The van der Waals surface area contributed by atoms with Crippen LogP contribution in [0.2, 0.25) is 0 Å². The van der Waals surface area contributed by atoms with Crippen molar-refractivity contribution in [1.29, 1.82) is 0 Å². The molecule has 20 heavy (non-hydrogen) atoms. The molecule has 0 aliphatic heterocycles. The summed E-state index contributed by atoms with van der Waals surface area (Å²) >= 11 is 1.48. The van der Waals surface area contributed by atoms with Crippen LogP contribution in [0, 0.1) is 0 Å². The van der Waals surface area contributed by atoms with Crippen molar-refractivity contribution in [2.24, 2.45) is 0 Å². The zero-order valence-corrected chi connectivity index (χ0v) is 12.5. The minimum absolute atomic E-state index is 0.0134. The summed E-state index contributed by atoms with van der Waals surface area (Å²) < 4.78 is 11.1. The maximum Gasteiger partial charge on any atom is 0.252 e. The van der Waals surface area contributed by atoms with Crippen LogP contribution in [0.3, 0.4) is 0 Å². The van der Waals surface area contributed by atoms with Crippen LogP contribution in [0.1, 0.15) is 12.5 Å². The van der Waals surface area contributed by atoms with E-state index in [-0.39, 0.29) is 12.5 Å². The number of aryl methyl sites for hydroxylation is 1. The molecule has 1 aromatic carbocycles. The van der Waals surface area contributed by atoms with Crippen LogP contribution in [-0.2, 0) is 20.7 Å². The van der Waals surface area contributed by atoms with E-state index >= 15 is 0 Å². The standard InChI is InChI=1S/C14H18N2O3S/c1-3-10-4-5-11-12(8-10)20-14(15-11)16-13(17)9-19-7-6-18-2/h4-5,8H,3,6-7,9H2,1-2H3,(H,15,16,17). The number of ether oxygens (including phenoxy) is 2. The Bertz CT molecular complexity index is 583. The monoisotopic (exact) mass is 294 g/mol. The molecule has 108 valence electrons. The zero-order valence-electron chi connectivity index (χ0n) is 11.6. The van der Waals surface area contributed by atoms with Gasteiger partial charge in [-0.15, -0.1) is 0 Å². The second-order valence-corrected chi connectivity index (χ2v) is 5.30. The number of hydrogen-bond donors (Lipinski definition) is 1. The van der Waals surface area contributed by atoms with E-state index in [0.29, 0.717) is 18.3 Å². The van der Waals surface area contributed by atoms with Gasteiger partial charge in [-0.25, -0.2) is 4.98 Å². The molecule has 1 heterocycles. The first-order valence-corrected chi connectivity index (χ1v) is 7.30. The molecule has 0 spiro atoms. The average Bonchev–Trinajstić information content (AvgIpc) is 2.84. The summed E-state index contributed by atoms with van der Waals surface area (Å²) in [7, 11) is 1.59. The Balaban J connectivity index is 1.94. The van der Waals surface area contributed by atoms with Gasteiger partial charge in [-0.3, -0.25) is 10.1 Å².